The molecule has 1 N–H and O–H groups in total. The van der Waals surface area contributed by atoms with Gasteiger partial charge in [-0.25, -0.2) is 4.39 Å². The van der Waals surface area contributed by atoms with Gasteiger partial charge in [-0.15, -0.1) is 0 Å². The smallest absolute Gasteiger partial charge is 0.132 e. The molecule has 18 heavy (non-hydrogen) atoms. The summed E-state index contributed by atoms with van der Waals surface area (Å²) in [6.07, 6.45) is 3.94. The summed E-state index contributed by atoms with van der Waals surface area (Å²) in [5, 5.41) is 9.37. The Hall–Kier alpha value is -1.09. The van der Waals surface area contributed by atoms with E-state index in [9.17, 15) is 9.50 Å². The molecule has 0 saturated heterocycles. The highest BCUT2D eigenvalue weighted by Crippen LogP contribution is 2.28. The number of halogens is 1. The van der Waals surface area contributed by atoms with Crippen molar-refractivity contribution >= 4 is 0 Å². The van der Waals surface area contributed by atoms with Crippen molar-refractivity contribution in [1.82, 2.24) is 0 Å². The Morgan fingerprint density at radius 3 is 2.78 bits per heavy atom. The van der Waals surface area contributed by atoms with E-state index >= 15 is 0 Å². The first-order valence-corrected chi connectivity index (χ1v) is 6.70. The largest absolute Gasteiger partial charge is 0.490 e. The molecule has 3 unspecified atom stereocenters. The van der Waals surface area contributed by atoms with Gasteiger partial charge in [-0.1, -0.05) is 13.3 Å². The average molecular weight is 252 g/mol. The fourth-order valence-corrected chi connectivity index (χ4v) is 2.60. The van der Waals surface area contributed by atoms with Crippen molar-refractivity contribution in [1.29, 1.82) is 0 Å². The Bertz CT molecular complexity index is 403. The number of hydrogen-bond acceptors (Lipinski definition) is 2. The molecule has 2 rings (SSSR count). The van der Waals surface area contributed by atoms with Crippen molar-refractivity contribution in [2.45, 2.75) is 51.7 Å². The molecule has 0 amide bonds. The zero-order chi connectivity index (χ0) is 13.1. The van der Waals surface area contributed by atoms with Crippen LogP contribution in [-0.2, 0) is 0 Å². The third-order valence-electron chi connectivity index (χ3n) is 3.61. The molecule has 1 aromatic carbocycles. The van der Waals surface area contributed by atoms with Crippen LogP contribution in [0.15, 0.2) is 18.2 Å². The summed E-state index contributed by atoms with van der Waals surface area (Å²) in [6, 6.07) is 4.72. The molecule has 2 nitrogen and oxygen atoms in total. The summed E-state index contributed by atoms with van der Waals surface area (Å²) < 4.78 is 19.5. The van der Waals surface area contributed by atoms with Crippen molar-refractivity contribution in [2.75, 3.05) is 0 Å². The van der Waals surface area contributed by atoms with Gasteiger partial charge in [0.25, 0.3) is 0 Å². The average Bonchev–Trinajstić information content (AvgIpc) is 2.28. The maximum Gasteiger partial charge on any atom is 0.132 e. The van der Waals surface area contributed by atoms with E-state index in [1.54, 1.807) is 19.1 Å². The molecule has 3 heteroatoms. The van der Waals surface area contributed by atoms with Gasteiger partial charge in [0.2, 0.25) is 0 Å². The lowest BCUT2D eigenvalue weighted by Crippen LogP contribution is -2.24. The molecule has 0 radical (unpaired) electrons. The van der Waals surface area contributed by atoms with Crippen molar-refractivity contribution < 1.29 is 14.2 Å². The molecule has 1 aromatic rings. The second-order valence-corrected chi connectivity index (χ2v) is 5.37. The molecule has 1 aliphatic rings. The van der Waals surface area contributed by atoms with Crippen LogP contribution >= 0.6 is 0 Å². The topological polar surface area (TPSA) is 29.5 Å². The molecule has 0 aromatic heterocycles. The Balaban J connectivity index is 2.03. The number of benzene rings is 1. The second-order valence-electron chi connectivity index (χ2n) is 5.37. The molecular formula is C15H21FO2. The fraction of sp³-hybridized carbons (Fsp3) is 0.600. The fourth-order valence-electron chi connectivity index (χ4n) is 2.60. The highest BCUT2D eigenvalue weighted by molar-refractivity contribution is 5.30. The molecule has 1 fully saturated rings. The van der Waals surface area contributed by atoms with Crippen LogP contribution in [0.1, 0.15) is 51.2 Å². The highest BCUT2D eigenvalue weighted by Gasteiger charge is 2.20. The van der Waals surface area contributed by atoms with Gasteiger partial charge in [-0.2, -0.15) is 0 Å². The van der Waals surface area contributed by atoms with E-state index in [0.717, 1.165) is 12.8 Å². The molecule has 0 spiro atoms. The van der Waals surface area contributed by atoms with E-state index in [1.807, 2.05) is 0 Å². The van der Waals surface area contributed by atoms with Gasteiger partial charge >= 0.3 is 0 Å². The Morgan fingerprint density at radius 1 is 1.39 bits per heavy atom. The van der Waals surface area contributed by atoms with Crippen LogP contribution in [0.5, 0.6) is 5.75 Å². The van der Waals surface area contributed by atoms with Crippen LogP contribution in [0.3, 0.4) is 0 Å². The minimum Gasteiger partial charge on any atom is -0.490 e. The minimum absolute atomic E-state index is 0.200. The lowest BCUT2D eigenvalue weighted by molar-refractivity contribution is 0.128. The summed E-state index contributed by atoms with van der Waals surface area (Å²) in [4.78, 5) is 0. The van der Waals surface area contributed by atoms with Crippen LogP contribution in [0.25, 0.3) is 0 Å². The van der Waals surface area contributed by atoms with E-state index in [2.05, 4.69) is 6.92 Å². The van der Waals surface area contributed by atoms with Gasteiger partial charge in [0, 0.05) is 11.6 Å². The van der Waals surface area contributed by atoms with E-state index < -0.39 is 11.9 Å². The quantitative estimate of drug-likeness (QED) is 0.885. The SMILES string of the molecule is CC1CCCC(Oc2ccc(C(C)O)c(F)c2)C1. The lowest BCUT2D eigenvalue weighted by atomic mass is 9.89. The van der Waals surface area contributed by atoms with Gasteiger partial charge in [-0.05, 0) is 44.2 Å². The zero-order valence-electron chi connectivity index (χ0n) is 11.0. The summed E-state index contributed by atoms with van der Waals surface area (Å²) in [5.41, 5.74) is 0.319. The summed E-state index contributed by atoms with van der Waals surface area (Å²) in [6.45, 7) is 3.79. The number of aliphatic hydroxyl groups is 1. The second kappa shape index (κ2) is 5.70. The third-order valence-corrected chi connectivity index (χ3v) is 3.61. The van der Waals surface area contributed by atoms with Crippen LogP contribution in [0.4, 0.5) is 4.39 Å². The minimum atomic E-state index is -0.784. The number of ether oxygens (including phenoxy) is 1. The number of aliphatic hydroxyl groups excluding tert-OH is 1. The maximum absolute atomic E-state index is 13.7. The Labute approximate surface area is 108 Å². The molecule has 1 saturated carbocycles. The lowest BCUT2D eigenvalue weighted by Gasteiger charge is -2.27. The zero-order valence-corrected chi connectivity index (χ0v) is 11.0. The molecule has 100 valence electrons. The predicted molar refractivity (Wildman–Crippen MR) is 69.1 cm³/mol. The van der Waals surface area contributed by atoms with Gasteiger partial charge in [-0.3, -0.25) is 0 Å². The Kier molecular flexibility index (Phi) is 4.23. The van der Waals surface area contributed by atoms with E-state index in [-0.39, 0.29) is 6.10 Å². The van der Waals surface area contributed by atoms with Gasteiger partial charge in [0.15, 0.2) is 0 Å². The predicted octanol–water partition coefficient (Wildman–Crippen LogP) is 3.84. The number of hydrogen-bond donors (Lipinski definition) is 1. The molecule has 0 aliphatic heterocycles. The van der Waals surface area contributed by atoms with Gasteiger partial charge in [0.05, 0.1) is 12.2 Å². The molecule has 0 bridgehead atoms. The first-order valence-electron chi connectivity index (χ1n) is 6.70. The van der Waals surface area contributed by atoms with E-state index in [4.69, 9.17) is 4.74 Å². The monoisotopic (exact) mass is 252 g/mol. The Morgan fingerprint density at radius 2 is 2.17 bits per heavy atom. The van der Waals surface area contributed by atoms with Crippen LogP contribution < -0.4 is 4.74 Å². The summed E-state index contributed by atoms with van der Waals surface area (Å²) >= 11 is 0. The van der Waals surface area contributed by atoms with Crippen molar-refractivity contribution in [2.24, 2.45) is 5.92 Å². The highest BCUT2D eigenvalue weighted by atomic mass is 19.1. The first-order chi connectivity index (χ1) is 8.56. The van der Waals surface area contributed by atoms with Crippen molar-refractivity contribution in [3.63, 3.8) is 0 Å². The van der Waals surface area contributed by atoms with Crippen LogP contribution in [-0.4, -0.2) is 11.2 Å². The van der Waals surface area contributed by atoms with Crippen molar-refractivity contribution in [3.8, 4) is 5.75 Å². The van der Waals surface area contributed by atoms with Gasteiger partial charge in [0.1, 0.15) is 11.6 Å². The van der Waals surface area contributed by atoms with Crippen molar-refractivity contribution in [3.05, 3.63) is 29.6 Å². The summed E-state index contributed by atoms with van der Waals surface area (Å²) in [7, 11) is 0. The van der Waals surface area contributed by atoms with Crippen LogP contribution in [0.2, 0.25) is 0 Å². The first kappa shape index (κ1) is 13.3. The number of rotatable bonds is 3. The standard InChI is InChI=1S/C15H21FO2/c1-10-4-3-5-12(8-10)18-13-6-7-14(11(2)17)15(16)9-13/h6-7,9-12,17H,3-5,8H2,1-2H3. The summed E-state index contributed by atoms with van der Waals surface area (Å²) in [5.74, 6) is 0.854. The normalized spacial score (nSPS) is 25.8. The molecule has 0 heterocycles. The molecule has 1 aliphatic carbocycles. The van der Waals surface area contributed by atoms with Crippen LogP contribution in [0, 0.1) is 11.7 Å². The maximum atomic E-state index is 13.7. The van der Waals surface area contributed by atoms with E-state index in [0.29, 0.717) is 17.2 Å². The molecular weight excluding hydrogens is 231 g/mol. The third kappa shape index (κ3) is 3.22. The molecule has 3 atom stereocenters. The van der Waals surface area contributed by atoms with E-state index in [1.165, 1.54) is 18.9 Å². The van der Waals surface area contributed by atoms with Gasteiger partial charge < -0.3 is 9.84 Å².